The molecule has 3 rings (SSSR count). The number of halogens is 1. The Morgan fingerprint density at radius 2 is 2.11 bits per heavy atom. The number of hydrogen-bond donors (Lipinski definition) is 0. The number of ether oxygens (including phenoxy) is 1. The molecule has 0 N–H and O–H groups in total. The Hall–Kier alpha value is -1.03. The van der Waals surface area contributed by atoms with Crippen molar-refractivity contribution in [3.63, 3.8) is 0 Å². The number of fused-ring (bicyclic) bond motifs is 2. The van der Waals surface area contributed by atoms with E-state index in [9.17, 15) is 4.79 Å². The van der Waals surface area contributed by atoms with Gasteiger partial charge in [0.25, 0.3) is 0 Å². The molecule has 2 bridgehead atoms. The van der Waals surface area contributed by atoms with Crippen LogP contribution in [0.3, 0.4) is 0 Å². The van der Waals surface area contributed by atoms with E-state index >= 15 is 0 Å². The van der Waals surface area contributed by atoms with Gasteiger partial charge in [-0.25, -0.2) is 4.79 Å². The fourth-order valence-electron chi connectivity index (χ4n) is 3.36. The number of carbonyl (C=O) groups excluding carboxylic acids is 1. The van der Waals surface area contributed by atoms with Crippen LogP contribution in [0.4, 0.5) is 4.79 Å². The molecule has 0 aliphatic carbocycles. The molecule has 4 heteroatoms. The van der Waals surface area contributed by atoms with Crippen LogP contribution in [0.15, 0.2) is 30.3 Å². The Morgan fingerprint density at radius 1 is 1.32 bits per heavy atom. The highest BCUT2D eigenvalue weighted by Gasteiger charge is 2.48. The first kappa shape index (κ1) is 13.0. The number of alkyl halides is 1. The van der Waals surface area contributed by atoms with E-state index in [-0.39, 0.29) is 6.09 Å². The van der Waals surface area contributed by atoms with E-state index in [0.29, 0.717) is 24.6 Å². The summed E-state index contributed by atoms with van der Waals surface area (Å²) < 4.78 is 5.46. The van der Waals surface area contributed by atoms with Crippen molar-refractivity contribution in [2.75, 3.05) is 5.33 Å². The molecule has 1 aromatic carbocycles. The van der Waals surface area contributed by atoms with Gasteiger partial charge in [0.15, 0.2) is 0 Å². The minimum atomic E-state index is -0.139. The van der Waals surface area contributed by atoms with Crippen LogP contribution in [0.25, 0.3) is 0 Å². The fraction of sp³-hybridized carbons (Fsp3) is 0.533. The largest absolute Gasteiger partial charge is 0.445 e. The fourth-order valence-corrected chi connectivity index (χ4v) is 4.05. The van der Waals surface area contributed by atoms with Crippen molar-refractivity contribution in [3.05, 3.63) is 35.9 Å². The molecule has 1 aromatic rings. The molecule has 2 heterocycles. The topological polar surface area (TPSA) is 29.5 Å². The third kappa shape index (κ3) is 2.50. The first-order valence-electron chi connectivity index (χ1n) is 6.84. The van der Waals surface area contributed by atoms with E-state index in [1.807, 2.05) is 35.2 Å². The normalized spacial score (nSPS) is 28.7. The van der Waals surface area contributed by atoms with Gasteiger partial charge in [-0.05, 0) is 30.7 Å². The SMILES string of the molecule is O=C(OCc1ccccc1)N1C2CCC1C(CBr)C2. The first-order chi connectivity index (χ1) is 9.29. The molecule has 102 valence electrons. The number of benzene rings is 1. The lowest BCUT2D eigenvalue weighted by atomic mass is 9.91. The summed E-state index contributed by atoms with van der Waals surface area (Å²) in [5.41, 5.74) is 1.04. The average molecular weight is 324 g/mol. The monoisotopic (exact) mass is 323 g/mol. The molecular formula is C15H18BrNO2. The van der Waals surface area contributed by atoms with E-state index in [2.05, 4.69) is 15.9 Å². The van der Waals surface area contributed by atoms with Crippen molar-refractivity contribution in [2.24, 2.45) is 5.92 Å². The van der Waals surface area contributed by atoms with E-state index in [1.165, 1.54) is 0 Å². The number of nitrogens with zero attached hydrogens (tertiary/aromatic N) is 1. The third-order valence-electron chi connectivity index (χ3n) is 4.28. The Balaban J connectivity index is 1.59. The maximum absolute atomic E-state index is 12.2. The lowest BCUT2D eigenvalue weighted by molar-refractivity contribution is 0.0891. The summed E-state index contributed by atoms with van der Waals surface area (Å²) in [4.78, 5) is 14.2. The Kier molecular flexibility index (Phi) is 3.78. The number of carbonyl (C=O) groups is 1. The molecule has 2 saturated heterocycles. The Morgan fingerprint density at radius 3 is 2.79 bits per heavy atom. The van der Waals surface area contributed by atoms with Crippen molar-refractivity contribution in [1.29, 1.82) is 0 Å². The van der Waals surface area contributed by atoms with Gasteiger partial charge in [0.1, 0.15) is 6.61 Å². The smallest absolute Gasteiger partial charge is 0.410 e. The van der Waals surface area contributed by atoms with Gasteiger partial charge in [-0.1, -0.05) is 46.3 Å². The summed E-state index contributed by atoms with van der Waals surface area (Å²) in [7, 11) is 0. The maximum atomic E-state index is 12.2. The summed E-state index contributed by atoms with van der Waals surface area (Å²) in [6.07, 6.45) is 3.24. The van der Waals surface area contributed by atoms with Crippen molar-refractivity contribution in [1.82, 2.24) is 4.90 Å². The molecule has 1 amide bonds. The maximum Gasteiger partial charge on any atom is 0.410 e. The number of amides is 1. The molecule has 3 unspecified atom stereocenters. The minimum Gasteiger partial charge on any atom is -0.445 e. The molecule has 2 aliphatic rings. The van der Waals surface area contributed by atoms with Crippen LogP contribution in [0.2, 0.25) is 0 Å². The third-order valence-corrected chi connectivity index (χ3v) is 5.11. The van der Waals surface area contributed by atoms with Crippen molar-refractivity contribution in [3.8, 4) is 0 Å². The van der Waals surface area contributed by atoms with Crippen LogP contribution in [0.5, 0.6) is 0 Å². The molecule has 0 saturated carbocycles. The predicted molar refractivity (Wildman–Crippen MR) is 77.2 cm³/mol. The van der Waals surface area contributed by atoms with Gasteiger partial charge in [0, 0.05) is 17.4 Å². The lowest BCUT2D eigenvalue weighted by Gasteiger charge is -2.23. The molecule has 3 atom stereocenters. The summed E-state index contributed by atoms with van der Waals surface area (Å²) in [6.45, 7) is 0.370. The van der Waals surface area contributed by atoms with Crippen molar-refractivity contribution in [2.45, 2.75) is 38.0 Å². The van der Waals surface area contributed by atoms with E-state index in [0.717, 1.165) is 30.2 Å². The molecule has 3 nitrogen and oxygen atoms in total. The number of rotatable bonds is 3. The van der Waals surface area contributed by atoms with Gasteiger partial charge < -0.3 is 9.64 Å². The van der Waals surface area contributed by atoms with Gasteiger partial charge in [0.05, 0.1) is 0 Å². The second kappa shape index (κ2) is 5.53. The highest BCUT2D eigenvalue weighted by Crippen LogP contribution is 2.42. The van der Waals surface area contributed by atoms with Gasteiger partial charge in [-0.15, -0.1) is 0 Å². The summed E-state index contributed by atoms with van der Waals surface area (Å²) in [5, 5.41) is 0.983. The zero-order valence-electron chi connectivity index (χ0n) is 10.8. The summed E-state index contributed by atoms with van der Waals surface area (Å²) >= 11 is 3.55. The molecule has 0 aromatic heterocycles. The molecule has 19 heavy (non-hydrogen) atoms. The predicted octanol–water partition coefficient (Wildman–Crippen LogP) is 3.57. The van der Waals surface area contributed by atoms with Gasteiger partial charge in [0.2, 0.25) is 0 Å². The average Bonchev–Trinajstić information content (AvgIpc) is 3.03. The van der Waals surface area contributed by atoms with Crippen LogP contribution in [0, 0.1) is 5.92 Å². The quantitative estimate of drug-likeness (QED) is 0.796. The van der Waals surface area contributed by atoms with Crippen LogP contribution in [-0.4, -0.2) is 28.4 Å². The molecule has 0 spiro atoms. The van der Waals surface area contributed by atoms with Crippen LogP contribution >= 0.6 is 15.9 Å². The highest BCUT2D eigenvalue weighted by atomic mass is 79.9. The van der Waals surface area contributed by atoms with Crippen LogP contribution in [-0.2, 0) is 11.3 Å². The second-order valence-electron chi connectivity index (χ2n) is 5.40. The van der Waals surface area contributed by atoms with Gasteiger partial charge in [-0.3, -0.25) is 0 Å². The van der Waals surface area contributed by atoms with E-state index in [4.69, 9.17) is 4.74 Å². The highest BCUT2D eigenvalue weighted by molar-refractivity contribution is 9.09. The second-order valence-corrected chi connectivity index (χ2v) is 6.04. The van der Waals surface area contributed by atoms with E-state index in [1.54, 1.807) is 0 Å². The Labute approximate surface area is 122 Å². The minimum absolute atomic E-state index is 0.139. The van der Waals surface area contributed by atoms with Gasteiger partial charge >= 0.3 is 6.09 Å². The van der Waals surface area contributed by atoms with E-state index < -0.39 is 0 Å². The first-order valence-corrected chi connectivity index (χ1v) is 7.96. The summed E-state index contributed by atoms with van der Waals surface area (Å²) in [6, 6.07) is 10.6. The molecule has 2 fully saturated rings. The standard InChI is InChI=1S/C15H18BrNO2/c16-9-12-8-13-6-7-14(12)17(13)15(18)19-10-11-4-2-1-3-5-11/h1-5,12-14H,6-10H2. The zero-order valence-corrected chi connectivity index (χ0v) is 12.4. The molecular weight excluding hydrogens is 306 g/mol. The Bertz CT molecular complexity index is 451. The zero-order chi connectivity index (χ0) is 13.2. The van der Waals surface area contributed by atoms with Crippen LogP contribution in [0.1, 0.15) is 24.8 Å². The molecule has 2 aliphatic heterocycles. The van der Waals surface area contributed by atoms with Gasteiger partial charge in [-0.2, -0.15) is 0 Å². The summed E-state index contributed by atoms with van der Waals surface area (Å²) in [5.74, 6) is 0.600. The lowest BCUT2D eigenvalue weighted by Crippen LogP contribution is -2.37. The number of hydrogen-bond acceptors (Lipinski definition) is 2. The van der Waals surface area contributed by atoms with Crippen molar-refractivity contribution >= 4 is 22.0 Å². The van der Waals surface area contributed by atoms with Crippen molar-refractivity contribution < 1.29 is 9.53 Å². The molecule has 0 radical (unpaired) electrons. The van der Waals surface area contributed by atoms with Crippen LogP contribution < -0.4 is 0 Å².